The summed E-state index contributed by atoms with van der Waals surface area (Å²) in [7, 11) is 0. The Bertz CT molecular complexity index is 764. The molecule has 0 spiro atoms. The second-order valence-corrected chi connectivity index (χ2v) is 5.77. The molecule has 0 aliphatic carbocycles. The van der Waals surface area contributed by atoms with E-state index in [1.165, 1.54) is 0 Å². The lowest BCUT2D eigenvalue weighted by Gasteiger charge is -2.34. The van der Waals surface area contributed by atoms with E-state index in [0.29, 0.717) is 0 Å². The summed E-state index contributed by atoms with van der Waals surface area (Å²) in [6.45, 7) is 4.61. The monoisotopic (exact) mass is 321 g/mol. The maximum absolute atomic E-state index is 4.58. The smallest absolute Gasteiger partial charge is 0.225 e. The lowest BCUT2D eigenvalue weighted by molar-refractivity contribution is 0.245. The number of hydrogen-bond donors (Lipinski definition) is 0. The third-order valence-corrected chi connectivity index (χ3v) is 4.12. The fourth-order valence-electron chi connectivity index (χ4n) is 2.84. The molecule has 0 unspecified atom stereocenters. The number of benzene rings is 1. The third kappa shape index (κ3) is 3.26. The molecule has 1 aromatic carbocycles. The average Bonchev–Trinajstić information content (AvgIpc) is 3.12. The molecule has 1 aliphatic rings. The van der Waals surface area contributed by atoms with Crippen LogP contribution in [0.5, 0.6) is 0 Å². The van der Waals surface area contributed by atoms with Gasteiger partial charge in [0.1, 0.15) is 0 Å². The normalized spacial score (nSPS) is 15.6. The minimum Gasteiger partial charge on any atom is -0.338 e. The molecule has 24 heavy (non-hydrogen) atoms. The van der Waals surface area contributed by atoms with E-state index in [9.17, 15) is 0 Å². The predicted octanol–water partition coefficient (Wildman–Crippen LogP) is 1.38. The van der Waals surface area contributed by atoms with Gasteiger partial charge in [-0.05, 0) is 18.2 Å². The van der Waals surface area contributed by atoms with E-state index in [1.807, 2.05) is 42.6 Å². The highest BCUT2D eigenvalue weighted by Crippen LogP contribution is 2.12. The summed E-state index contributed by atoms with van der Waals surface area (Å²) in [5.74, 6) is 0.812. The average molecular weight is 321 g/mol. The molecule has 0 bridgehead atoms. The molecule has 7 nitrogen and oxygen atoms in total. The van der Waals surface area contributed by atoms with Crippen LogP contribution in [-0.4, -0.2) is 56.0 Å². The van der Waals surface area contributed by atoms with Gasteiger partial charge in [0.2, 0.25) is 5.95 Å². The van der Waals surface area contributed by atoms with Gasteiger partial charge in [-0.3, -0.25) is 4.90 Å². The number of hydrogen-bond acceptors (Lipinski definition) is 6. The number of piperazine rings is 1. The Labute approximate surface area is 140 Å². The second kappa shape index (κ2) is 6.76. The molecule has 3 heterocycles. The van der Waals surface area contributed by atoms with Gasteiger partial charge >= 0.3 is 0 Å². The van der Waals surface area contributed by atoms with Crippen LogP contribution in [0.1, 0.15) is 5.69 Å². The van der Waals surface area contributed by atoms with Crippen LogP contribution in [0.2, 0.25) is 0 Å². The highest BCUT2D eigenvalue weighted by Gasteiger charge is 2.19. The number of nitrogens with zero attached hydrogens (tertiary/aromatic N) is 7. The van der Waals surface area contributed by atoms with Crippen LogP contribution in [0.3, 0.4) is 0 Å². The molecular weight excluding hydrogens is 302 g/mol. The molecule has 4 rings (SSSR count). The standard InChI is InChI=1S/C17H19N7/c1-2-5-16(6-3-1)24-20-13-15(21-24)14-22-9-11-23(12-10-22)17-18-7-4-8-19-17/h1-8,13H,9-12,14H2. The molecule has 122 valence electrons. The lowest BCUT2D eigenvalue weighted by Crippen LogP contribution is -2.46. The zero-order valence-corrected chi connectivity index (χ0v) is 13.4. The van der Waals surface area contributed by atoms with Gasteiger partial charge in [-0.1, -0.05) is 18.2 Å². The van der Waals surface area contributed by atoms with Gasteiger partial charge < -0.3 is 4.90 Å². The van der Waals surface area contributed by atoms with Crippen molar-refractivity contribution < 1.29 is 0 Å². The molecule has 0 amide bonds. The molecular formula is C17H19N7. The largest absolute Gasteiger partial charge is 0.338 e. The Kier molecular flexibility index (Phi) is 4.16. The first-order chi connectivity index (χ1) is 11.9. The first kappa shape index (κ1) is 14.8. The molecule has 0 N–H and O–H groups in total. The minimum absolute atomic E-state index is 0.812. The van der Waals surface area contributed by atoms with Crippen molar-refractivity contribution in [2.75, 3.05) is 31.1 Å². The van der Waals surface area contributed by atoms with E-state index < -0.39 is 0 Å². The number of para-hydroxylation sites is 1. The summed E-state index contributed by atoms with van der Waals surface area (Å²) < 4.78 is 0. The summed E-state index contributed by atoms with van der Waals surface area (Å²) in [6.07, 6.45) is 5.42. The van der Waals surface area contributed by atoms with Crippen LogP contribution in [-0.2, 0) is 6.54 Å². The van der Waals surface area contributed by atoms with Crippen molar-refractivity contribution in [3.05, 3.63) is 60.7 Å². The van der Waals surface area contributed by atoms with Crippen LogP contribution < -0.4 is 4.90 Å². The van der Waals surface area contributed by atoms with Crippen LogP contribution in [0.25, 0.3) is 5.69 Å². The molecule has 0 saturated carbocycles. The lowest BCUT2D eigenvalue weighted by atomic mass is 10.3. The molecule has 7 heteroatoms. The van der Waals surface area contributed by atoms with Crippen molar-refractivity contribution in [3.8, 4) is 5.69 Å². The maximum Gasteiger partial charge on any atom is 0.225 e. The molecule has 0 radical (unpaired) electrons. The number of rotatable bonds is 4. The van der Waals surface area contributed by atoms with Gasteiger partial charge in [0.15, 0.2) is 0 Å². The minimum atomic E-state index is 0.812. The Hall–Kier alpha value is -2.80. The first-order valence-electron chi connectivity index (χ1n) is 8.09. The van der Waals surface area contributed by atoms with E-state index >= 15 is 0 Å². The first-order valence-corrected chi connectivity index (χ1v) is 8.09. The SMILES string of the molecule is c1ccc(-n2ncc(CN3CCN(c4ncccn4)CC3)n2)cc1. The van der Waals surface area contributed by atoms with Gasteiger partial charge in [0, 0.05) is 45.1 Å². The summed E-state index contributed by atoms with van der Waals surface area (Å²) in [4.78, 5) is 14.9. The van der Waals surface area contributed by atoms with Gasteiger partial charge in [0.25, 0.3) is 0 Å². The van der Waals surface area contributed by atoms with Gasteiger partial charge in [0.05, 0.1) is 17.6 Å². The van der Waals surface area contributed by atoms with E-state index in [-0.39, 0.29) is 0 Å². The Morgan fingerprint density at radius 1 is 0.875 bits per heavy atom. The van der Waals surface area contributed by atoms with Crippen molar-refractivity contribution in [2.24, 2.45) is 0 Å². The van der Waals surface area contributed by atoms with E-state index in [1.54, 1.807) is 17.2 Å². The van der Waals surface area contributed by atoms with Crippen LogP contribution in [0.15, 0.2) is 55.0 Å². The molecule has 1 fully saturated rings. The predicted molar refractivity (Wildman–Crippen MR) is 90.9 cm³/mol. The molecule has 0 atom stereocenters. The zero-order chi connectivity index (χ0) is 16.2. The summed E-state index contributed by atoms with van der Waals surface area (Å²) in [5.41, 5.74) is 1.97. The van der Waals surface area contributed by atoms with E-state index in [0.717, 1.165) is 50.1 Å². The number of anilines is 1. The Morgan fingerprint density at radius 3 is 2.38 bits per heavy atom. The second-order valence-electron chi connectivity index (χ2n) is 5.77. The third-order valence-electron chi connectivity index (χ3n) is 4.12. The topological polar surface area (TPSA) is 63.0 Å². The molecule has 3 aromatic rings. The van der Waals surface area contributed by atoms with Crippen molar-refractivity contribution in [1.82, 2.24) is 29.9 Å². The Morgan fingerprint density at radius 2 is 1.62 bits per heavy atom. The summed E-state index contributed by atoms with van der Waals surface area (Å²) >= 11 is 0. The van der Waals surface area contributed by atoms with E-state index in [2.05, 4.69) is 30.0 Å². The van der Waals surface area contributed by atoms with Crippen LogP contribution in [0, 0.1) is 0 Å². The molecule has 1 saturated heterocycles. The van der Waals surface area contributed by atoms with E-state index in [4.69, 9.17) is 0 Å². The molecule has 2 aromatic heterocycles. The van der Waals surface area contributed by atoms with Crippen LogP contribution in [0.4, 0.5) is 5.95 Å². The fourth-order valence-corrected chi connectivity index (χ4v) is 2.84. The highest BCUT2D eigenvalue weighted by atomic mass is 15.5. The summed E-state index contributed by atoms with van der Waals surface area (Å²) in [6, 6.07) is 11.8. The zero-order valence-electron chi connectivity index (χ0n) is 13.4. The quantitative estimate of drug-likeness (QED) is 0.723. The van der Waals surface area contributed by atoms with Crippen molar-refractivity contribution in [2.45, 2.75) is 6.54 Å². The highest BCUT2D eigenvalue weighted by molar-refractivity contribution is 5.29. The summed E-state index contributed by atoms with van der Waals surface area (Å²) in [5, 5.41) is 8.94. The van der Waals surface area contributed by atoms with Crippen molar-refractivity contribution in [3.63, 3.8) is 0 Å². The molecule has 1 aliphatic heterocycles. The fraction of sp³-hybridized carbons (Fsp3) is 0.294. The van der Waals surface area contributed by atoms with Gasteiger partial charge in [-0.25, -0.2) is 9.97 Å². The van der Waals surface area contributed by atoms with Crippen molar-refractivity contribution >= 4 is 5.95 Å². The van der Waals surface area contributed by atoms with Crippen LogP contribution >= 0.6 is 0 Å². The van der Waals surface area contributed by atoms with Crippen molar-refractivity contribution in [1.29, 1.82) is 0 Å². The van der Waals surface area contributed by atoms with Gasteiger partial charge in [-0.2, -0.15) is 15.0 Å². The number of aromatic nitrogens is 5. The Balaban J connectivity index is 1.35. The van der Waals surface area contributed by atoms with Gasteiger partial charge in [-0.15, -0.1) is 0 Å². The maximum atomic E-state index is 4.58.